The monoisotopic (exact) mass is 495 g/mol. The average Bonchev–Trinajstić information content (AvgIpc) is 3.35. The van der Waals surface area contributed by atoms with E-state index in [-0.39, 0.29) is 42.5 Å². The summed E-state index contributed by atoms with van der Waals surface area (Å²) in [5, 5.41) is 9.19. The van der Waals surface area contributed by atoms with Gasteiger partial charge in [0.1, 0.15) is 12.1 Å². The lowest BCUT2D eigenvalue weighted by Crippen LogP contribution is -2.49. The molecule has 0 saturated heterocycles. The Kier molecular flexibility index (Phi) is 11.4. The smallest absolute Gasteiger partial charge is 0.407 e. The average molecular weight is 495 g/mol. The van der Waals surface area contributed by atoms with Crippen LogP contribution < -0.4 is 16.0 Å². The number of alkyl carbamates (subject to hydrolysis) is 1. The number of ether oxygens (including phenoxy) is 1. The number of guanidine groups is 1. The van der Waals surface area contributed by atoms with Crippen LogP contribution in [-0.2, 0) is 9.53 Å². The van der Waals surface area contributed by atoms with Crippen molar-refractivity contribution in [1.29, 1.82) is 0 Å². The van der Waals surface area contributed by atoms with E-state index in [2.05, 4.69) is 27.5 Å². The summed E-state index contributed by atoms with van der Waals surface area (Å²) in [6.45, 7) is 10.3. The first kappa shape index (κ1) is 25.5. The van der Waals surface area contributed by atoms with Crippen LogP contribution in [0.3, 0.4) is 0 Å². The molecule has 1 fully saturated rings. The summed E-state index contributed by atoms with van der Waals surface area (Å²) in [5.74, 6) is 0.853. The van der Waals surface area contributed by atoms with E-state index in [1.807, 2.05) is 20.8 Å². The molecule has 27 heavy (non-hydrogen) atoms. The molecule has 0 bridgehead atoms. The number of hydrogen-bond donors (Lipinski definition) is 3. The fourth-order valence-electron chi connectivity index (χ4n) is 2.13. The second-order valence-electron chi connectivity index (χ2n) is 7.59. The second kappa shape index (κ2) is 12.0. The zero-order chi connectivity index (χ0) is 19.7. The van der Waals surface area contributed by atoms with E-state index in [4.69, 9.17) is 4.74 Å². The molecule has 0 spiro atoms. The number of halogens is 1. The van der Waals surface area contributed by atoms with E-state index >= 15 is 0 Å². The predicted molar refractivity (Wildman–Crippen MR) is 118 cm³/mol. The highest BCUT2D eigenvalue weighted by molar-refractivity contribution is 14.0. The Morgan fingerprint density at radius 3 is 2.41 bits per heavy atom. The fourth-order valence-corrected chi connectivity index (χ4v) is 2.13. The number of rotatable bonds is 8. The topological polar surface area (TPSA) is 95.1 Å². The Balaban J connectivity index is 0.00000676. The number of nitrogens with one attached hydrogen (secondary N) is 3. The van der Waals surface area contributed by atoms with Gasteiger partial charge in [0.05, 0.1) is 6.04 Å². The van der Waals surface area contributed by atoms with E-state index in [1.165, 1.54) is 4.90 Å². The van der Waals surface area contributed by atoms with Crippen LogP contribution in [0, 0.1) is 5.92 Å². The van der Waals surface area contributed by atoms with Gasteiger partial charge >= 0.3 is 6.09 Å². The molecule has 8 nitrogen and oxygen atoms in total. The molecule has 0 aromatic heterocycles. The Bertz CT molecular complexity index is 528. The maximum atomic E-state index is 12.0. The quantitative estimate of drug-likeness (QED) is 0.206. The van der Waals surface area contributed by atoms with Crippen LogP contribution in [0.4, 0.5) is 4.79 Å². The van der Waals surface area contributed by atoms with Gasteiger partial charge in [0.15, 0.2) is 5.96 Å². The molecule has 9 heteroatoms. The van der Waals surface area contributed by atoms with Crippen LogP contribution in [-0.4, -0.2) is 68.2 Å². The number of aliphatic imine (C=N–C) groups is 1. The van der Waals surface area contributed by atoms with Crippen molar-refractivity contribution in [3.63, 3.8) is 0 Å². The van der Waals surface area contributed by atoms with Gasteiger partial charge in [-0.15, -0.1) is 30.6 Å². The first-order chi connectivity index (χ1) is 12.1. The van der Waals surface area contributed by atoms with Crippen molar-refractivity contribution < 1.29 is 14.3 Å². The van der Waals surface area contributed by atoms with Crippen molar-refractivity contribution >= 4 is 41.9 Å². The summed E-state index contributed by atoms with van der Waals surface area (Å²) < 4.78 is 5.34. The molecule has 0 heterocycles. The van der Waals surface area contributed by atoms with Gasteiger partial charge < -0.3 is 25.6 Å². The first-order valence-corrected chi connectivity index (χ1v) is 8.95. The van der Waals surface area contributed by atoms with Crippen molar-refractivity contribution in [1.82, 2.24) is 20.9 Å². The Hall–Kier alpha value is -1.52. The summed E-state index contributed by atoms with van der Waals surface area (Å²) in [6.07, 6.45) is 3.45. The molecular formula is C18H34IN5O3. The highest BCUT2D eigenvalue weighted by Gasteiger charge is 2.33. The van der Waals surface area contributed by atoms with Gasteiger partial charge in [-0.2, -0.15) is 0 Å². The molecule has 1 atom stereocenters. The maximum absolute atomic E-state index is 12.0. The molecule has 156 valence electrons. The Morgan fingerprint density at radius 2 is 1.93 bits per heavy atom. The van der Waals surface area contributed by atoms with Gasteiger partial charge in [-0.3, -0.25) is 4.79 Å². The molecule has 0 aliphatic heterocycles. The minimum absolute atomic E-state index is 0. The summed E-state index contributed by atoms with van der Waals surface area (Å²) in [5.41, 5.74) is -0.531. The van der Waals surface area contributed by atoms with Crippen LogP contribution in [0.5, 0.6) is 0 Å². The summed E-state index contributed by atoms with van der Waals surface area (Å²) >= 11 is 0. The minimum atomic E-state index is -0.531. The third kappa shape index (κ3) is 11.7. The number of carbonyl (C=O) groups excluding carboxylic acids is 2. The maximum Gasteiger partial charge on any atom is 0.407 e. The SMILES string of the molecule is C=CCNC(=NCC(=O)N(C)C)NCC(NC(=O)OC(C)(C)C)C1CC1.I. The highest BCUT2D eigenvalue weighted by Crippen LogP contribution is 2.32. The molecule has 1 aliphatic carbocycles. The second-order valence-corrected chi connectivity index (χ2v) is 7.59. The summed E-state index contributed by atoms with van der Waals surface area (Å²) in [7, 11) is 3.38. The van der Waals surface area contributed by atoms with E-state index in [1.54, 1.807) is 20.2 Å². The Morgan fingerprint density at radius 1 is 1.30 bits per heavy atom. The first-order valence-electron chi connectivity index (χ1n) is 8.95. The molecular weight excluding hydrogens is 461 g/mol. The zero-order valence-electron chi connectivity index (χ0n) is 17.0. The predicted octanol–water partition coefficient (Wildman–Crippen LogP) is 1.72. The van der Waals surface area contributed by atoms with E-state index in [9.17, 15) is 9.59 Å². The summed E-state index contributed by atoms with van der Waals surface area (Å²) in [4.78, 5) is 29.5. The van der Waals surface area contributed by atoms with Gasteiger partial charge in [-0.05, 0) is 39.5 Å². The van der Waals surface area contributed by atoms with E-state index in [0.717, 1.165) is 12.8 Å². The van der Waals surface area contributed by atoms with E-state index in [0.29, 0.717) is 25.0 Å². The lowest BCUT2D eigenvalue weighted by Gasteiger charge is -2.24. The van der Waals surface area contributed by atoms with E-state index < -0.39 is 11.7 Å². The largest absolute Gasteiger partial charge is 0.444 e. The molecule has 1 unspecified atom stereocenters. The van der Waals surface area contributed by atoms with Crippen molar-refractivity contribution in [3.05, 3.63) is 12.7 Å². The molecule has 1 rings (SSSR count). The van der Waals surface area contributed by atoms with Crippen LogP contribution in [0.1, 0.15) is 33.6 Å². The van der Waals surface area contributed by atoms with Gasteiger partial charge in [-0.25, -0.2) is 9.79 Å². The van der Waals surface area contributed by atoms with Crippen LogP contribution >= 0.6 is 24.0 Å². The fraction of sp³-hybridized carbons (Fsp3) is 0.722. The molecule has 0 radical (unpaired) electrons. The van der Waals surface area contributed by atoms with Crippen LogP contribution in [0.2, 0.25) is 0 Å². The highest BCUT2D eigenvalue weighted by atomic mass is 127. The number of amides is 2. The third-order valence-corrected chi connectivity index (χ3v) is 3.67. The third-order valence-electron chi connectivity index (χ3n) is 3.67. The Labute approximate surface area is 179 Å². The van der Waals surface area contributed by atoms with Gasteiger partial charge in [-0.1, -0.05) is 6.08 Å². The molecule has 1 saturated carbocycles. The minimum Gasteiger partial charge on any atom is -0.444 e. The number of hydrogen-bond acceptors (Lipinski definition) is 4. The number of carbonyl (C=O) groups is 2. The van der Waals surface area contributed by atoms with Crippen LogP contribution in [0.25, 0.3) is 0 Å². The number of likely N-dealkylation sites (N-methyl/N-ethyl adjacent to an activating group) is 1. The molecule has 0 aromatic carbocycles. The molecule has 2 amide bonds. The molecule has 0 aromatic rings. The normalized spacial score (nSPS) is 15.1. The van der Waals surface area contributed by atoms with Crippen molar-refractivity contribution in [2.24, 2.45) is 10.9 Å². The zero-order valence-corrected chi connectivity index (χ0v) is 19.3. The molecule has 3 N–H and O–H groups in total. The lowest BCUT2D eigenvalue weighted by atomic mass is 10.2. The van der Waals surface area contributed by atoms with Gasteiger partial charge in [0.2, 0.25) is 5.91 Å². The van der Waals surface area contributed by atoms with Crippen LogP contribution in [0.15, 0.2) is 17.6 Å². The van der Waals surface area contributed by atoms with Gasteiger partial charge in [0, 0.05) is 27.2 Å². The van der Waals surface area contributed by atoms with Gasteiger partial charge in [0.25, 0.3) is 0 Å². The summed E-state index contributed by atoms with van der Waals surface area (Å²) in [6, 6.07) is -0.0508. The molecule has 1 aliphatic rings. The van der Waals surface area contributed by atoms with Crippen molar-refractivity contribution in [2.45, 2.75) is 45.3 Å². The standard InChI is InChI=1S/C18H33N5O3.HI/c1-7-10-19-16(21-12-15(24)23(5)6)20-11-14(13-8-9-13)22-17(25)26-18(2,3)4;/h7,13-14H,1,8-12H2,2-6H3,(H,22,25)(H2,19,20,21);1H. The number of nitrogens with zero attached hydrogens (tertiary/aromatic N) is 2. The lowest BCUT2D eigenvalue weighted by molar-refractivity contribution is -0.127. The van der Waals surface area contributed by atoms with Crippen molar-refractivity contribution in [2.75, 3.05) is 33.7 Å². The van der Waals surface area contributed by atoms with Crippen molar-refractivity contribution in [3.8, 4) is 0 Å².